The predicted molar refractivity (Wildman–Crippen MR) is 93.7 cm³/mol. The lowest BCUT2D eigenvalue weighted by Crippen LogP contribution is -2.30. The molecule has 0 atom stereocenters. The number of nitrogens with zero attached hydrogens (tertiary/aromatic N) is 2. The van der Waals surface area contributed by atoms with Crippen LogP contribution in [-0.4, -0.2) is 37.7 Å². The molecular formula is C16H18ClN3O2S. The third-order valence-corrected chi connectivity index (χ3v) is 4.94. The van der Waals surface area contributed by atoms with Crippen molar-refractivity contribution in [3.05, 3.63) is 39.9 Å². The van der Waals surface area contributed by atoms with E-state index in [0.29, 0.717) is 26.1 Å². The van der Waals surface area contributed by atoms with E-state index in [1.807, 2.05) is 23.6 Å². The third-order valence-electron chi connectivity index (χ3n) is 3.74. The van der Waals surface area contributed by atoms with E-state index in [-0.39, 0.29) is 5.91 Å². The standard InChI is InChI=1S/C16H18ClN3O2S/c1-22-8-6-18-16-19-11(10-23-16)9-15(21)20-7-5-12-13(17)3-2-4-14(12)20/h2-4,10H,5-9H2,1H3,(H,18,19). The van der Waals surface area contributed by atoms with Crippen molar-refractivity contribution in [2.24, 2.45) is 0 Å². The number of anilines is 2. The van der Waals surface area contributed by atoms with Gasteiger partial charge in [-0.15, -0.1) is 11.3 Å². The van der Waals surface area contributed by atoms with Crippen molar-refractivity contribution in [2.75, 3.05) is 37.0 Å². The molecule has 0 fully saturated rings. The van der Waals surface area contributed by atoms with Crippen molar-refractivity contribution in [1.29, 1.82) is 0 Å². The highest BCUT2D eigenvalue weighted by Gasteiger charge is 2.26. The summed E-state index contributed by atoms with van der Waals surface area (Å²) in [5.74, 6) is 0.0553. The summed E-state index contributed by atoms with van der Waals surface area (Å²) in [6.07, 6.45) is 1.11. The summed E-state index contributed by atoms with van der Waals surface area (Å²) in [6, 6.07) is 5.70. The van der Waals surface area contributed by atoms with Gasteiger partial charge in [-0.1, -0.05) is 17.7 Å². The fourth-order valence-electron chi connectivity index (χ4n) is 2.63. The summed E-state index contributed by atoms with van der Waals surface area (Å²) in [4.78, 5) is 18.8. The summed E-state index contributed by atoms with van der Waals surface area (Å²) < 4.78 is 4.99. The number of thiazole rings is 1. The second kappa shape index (κ2) is 7.29. The Bertz CT molecular complexity index is 704. The normalized spacial score (nSPS) is 13.2. The Kier molecular flexibility index (Phi) is 5.15. The number of ether oxygens (including phenoxy) is 1. The molecule has 0 bridgehead atoms. The molecule has 1 aromatic carbocycles. The Morgan fingerprint density at radius 1 is 1.52 bits per heavy atom. The summed E-state index contributed by atoms with van der Waals surface area (Å²) in [5, 5.41) is 6.64. The number of carbonyl (C=O) groups is 1. The average Bonchev–Trinajstić information content (AvgIpc) is 3.15. The first-order valence-electron chi connectivity index (χ1n) is 7.44. The number of benzene rings is 1. The minimum atomic E-state index is 0.0553. The van der Waals surface area contributed by atoms with Crippen LogP contribution in [0.2, 0.25) is 5.02 Å². The van der Waals surface area contributed by atoms with Gasteiger partial charge in [0.15, 0.2) is 5.13 Å². The van der Waals surface area contributed by atoms with Crippen LogP contribution in [0.5, 0.6) is 0 Å². The largest absolute Gasteiger partial charge is 0.383 e. The number of hydrogen-bond donors (Lipinski definition) is 1. The molecule has 0 radical (unpaired) electrons. The quantitative estimate of drug-likeness (QED) is 0.813. The highest BCUT2D eigenvalue weighted by Crippen LogP contribution is 2.33. The monoisotopic (exact) mass is 351 g/mol. The van der Waals surface area contributed by atoms with Gasteiger partial charge in [-0.25, -0.2) is 4.98 Å². The fourth-order valence-corrected chi connectivity index (χ4v) is 3.63. The number of nitrogens with one attached hydrogen (secondary N) is 1. The van der Waals surface area contributed by atoms with E-state index in [4.69, 9.17) is 16.3 Å². The zero-order chi connectivity index (χ0) is 16.2. The van der Waals surface area contributed by atoms with Gasteiger partial charge in [0.1, 0.15) is 0 Å². The van der Waals surface area contributed by atoms with Gasteiger partial charge in [-0.05, 0) is 24.1 Å². The molecule has 5 nitrogen and oxygen atoms in total. The smallest absolute Gasteiger partial charge is 0.233 e. The molecule has 23 heavy (non-hydrogen) atoms. The van der Waals surface area contributed by atoms with Crippen LogP contribution < -0.4 is 10.2 Å². The molecule has 1 aliphatic heterocycles. The van der Waals surface area contributed by atoms with Crippen molar-refractivity contribution < 1.29 is 9.53 Å². The molecule has 1 aromatic heterocycles. The lowest BCUT2D eigenvalue weighted by molar-refractivity contribution is -0.117. The van der Waals surface area contributed by atoms with Crippen LogP contribution in [0.25, 0.3) is 0 Å². The second-order valence-electron chi connectivity index (χ2n) is 5.27. The van der Waals surface area contributed by atoms with E-state index in [2.05, 4.69) is 10.3 Å². The van der Waals surface area contributed by atoms with E-state index < -0.39 is 0 Å². The molecule has 1 amide bonds. The zero-order valence-corrected chi connectivity index (χ0v) is 14.4. The first kappa shape index (κ1) is 16.2. The van der Waals surface area contributed by atoms with Crippen LogP contribution in [0.15, 0.2) is 23.6 Å². The van der Waals surface area contributed by atoms with E-state index in [1.165, 1.54) is 11.3 Å². The van der Waals surface area contributed by atoms with Crippen molar-refractivity contribution in [2.45, 2.75) is 12.8 Å². The van der Waals surface area contributed by atoms with Gasteiger partial charge in [0, 0.05) is 36.3 Å². The van der Waals surface area contributed by atoms with Gasteiger partial charge < -0.3 is 15.0 Å². The number of methoxy groups -OCH3 is 1. The first-order chi connectivity index (χ1) is 11.2. The van der Waals surface area contributed by atoms with Crippen molar-refractivity contribution in [1.82, 2.24) is 4.98 Å². The number of carbonyl (C=O) groups excluding carboxylic acids is 1. The maximum absolute atomic E-state index is 12.6. The minimum absolute atomic E-state index is 0.0553. The molecule has 3 rings (SSSR count). The molecule has 7 heteroatoms. The lowest BCUT2D eigenvalue weighted by atomic mass is 10.2. The number of aromatic nitrogens is 1. The van der Waals surface area contributed by atoms with Crippen LogP contribution in [0, 0.1) is 0 Å². The van der Waals surface area contributed by atoms with Gasteiger partial charge in [-0.3, -0.25) is 4.79 Å². The molecule has 0 spiro atoms. The van der Waals surface area contributed by atoms with Gasteiger partial charge in [0.25, 0.3) is 0 Å². The Morgan fingerprint density at radius 2 is 2.39 bits per heavy atom. The SMILES string of the molecule is COCCNc1nc(CC(=O)N2CCc3c(Cl)cccc32)cs1. The van der Waals surface area contributed by atoms with E-state index in [1.54, 1.807) is 12.0 Å². The Balaban J connectivity index is 1.64. The molecule has 2 heterocycles. The number of hydrogen-bond acceptors (Lipinski definition) is 5. The highest BCUT2D eigenvalue weighted by molar-refractivity contribution is 7.13. The molecule has 1 N–H and O–H groups in total. The van der Waals surface area contributed by atoms with E-state index in [0.717, 1.165) is 33.5 Å². The second-order valence-corrected chi connectivity index (χ2v) is 6.54. The number of halogens is 1. The zero-order valence-electron chi connectivity index (χ0n) is 12.8. The fraction of sp³-hybridized carbons (Fsp3) is 0.375. The Morgan fingerprint density at radius 3 is 3.22 bits per heavy atom. The van der Waals surface area contributed by atoms with Crippen molar-refractivity contribution in [3.63, 3.8) is 0 Å². The highest BCUT2D eigenvalue weighted by atomic mass is 35.5. The van der Waals surface area contributed by atoms with Crippen LogP contribution in [0.1, 0.15) is 11.3 Å². The van der Waals surface area contributed by atoms with Gasteiger partial charge in [0.2, 0.25) is 5.91 Å². The molecule has 0 saturated heterocycles. The topological polar surface area (TPSA) is 54.5 Å². The summed E-state index contributed by atoms with van der Waals surface area (Å²) in [7, 11) is 1.66. The van der Waals surface area contributed by atoms with Crippen molar-refractivity contribution in [3.8, 4) is 0 Å². The van der Waals surface area contributed by atoms with E-state index >= 15 is 0 Å². The van der Waals surface area contributed by atoms with Gasteiger partial charge in [-0.2, -0.15) is 0 Å². The number of amides is 1. The molecule has 0 unspecified atom stereocenters. The molecule has 0 aliphatic carbocycles. The molecule has 1 aliphatic rings. The summed E-state index contributed by atoms with van der Waals surface area (Å²) >= 11 is 7.70. The summed E-state index contributed by atoms with van der Waals surface area (Å²) in [5.41, 5.74) is 2.77. The van der Waals surface area contributed by atoms with Crippen LogP contribution in [0.4, 0.5) is 10.8 Å². The Labute approximate surface area is 144 Å². The van der Waals surface area contributed by atoms with Crippen molar-refractivity contribution >= 4 is 39.7 Å². The van der Waals surface area contributed by atoms with Gasteiger partial charge in [0.05, 0.1) is 18.7 Å². The average molecular weight is 352 g/mol. The molecule has 0 saturated carbocycles. The van der Waals surface area contributed by atoms with E-state index in [9.17, 15) is 4.79 Å². The van der Waals surface area contributed by atoms with Crippen LogP contribution in [0.3, 0.4) is 0 Å². The molecular weight excluding hydrogens is 334 g/mol. The minimum Gasteiger partial charge on any atom is -0.383 e. The first-order valence-corrected chi connectivity index (χ1v) is 8.70. The third kappa shape index (κ3) is 3.65. The van der Waals surface area contributed by atoms with Crippen LogP contribution in [-0.2, 0) is 22.4 Å². The van der Waals surface area contributed by atoms with Crippen LogP contribution >= 0.6 is 22.9 Å². The number of fused-ring (bicyclic) bond motifs is 1. The maximum Gasteiger partial charge on any atom is 0.233 e. The predicted octanol–water partition coefficient (Wildman–Crippen LogP) is 2.99. The Hall–Kier alpha value is -1.63. The maximum atomic E-state index is 12.6. The van der Waals surface area contributed by atoms with Gasteiger partial charge >= 0.3 is 0 Å². The molecule has 2 aromatic rings. The molecule has 122 valence electrons. The summed E-state index contributed by atoms with van der Waals surface area (Å²) in [6.45, 7) is 2.01. The lowest BCUT2D eigenvalue weighted by Gasteiger charge is -2.16. The number of rotatable bonds is 6.